The van der Waals surface area contributed by atoms with E-state index in [-0.39, 0.29) is 24.8 Å². The average Bonchev–Trinajstić information content (AvgIpc) is 3.15. The van der Waals surface area contributed by atoms with Gasteiger partial charge in [-0.15, -0.1) is 24.8 Å². The Labute approximate surface area is 152 Å². The maximum atomic E-state index is 4.76. The van der Waals surface area contributed by atoms with Crippen LogP contribution in [0.25, 0.3) is 17.2 Å². The van der Waals surface area contributed by atoms with Gasteiger partial charge in [0.15, 0.2) is 5.82 Å². The quantitative estimate of drug-likeness (QED) is 0.732. The smallest absolute Gasteiger partial charge is 0.183 e. The summed E-state index contributed by atoms with van der Waals surface area (Å²) < 4.78 is 5.76. The lowest BCUT2D eigenvalue weighted by molar-refractivity contribution is 0.646. The van der Waals surface area contributed by atoms with Crippen LogP contribution in [0.3, 0.4) is 0 Å². The topological polar surface area (TPSA) is 78.4 Å². The van der Waals surface area contributed by atoms with E-state index in [2.05, 4.69) is 31.3 Å². The molecular formula is C14H20Cl2N8. The molecule has 0 radical (unpaired) electrons. The number of halogens is 2. The zero-order valence-electron chi connectivity index (χ0n) is 13.5. The second-order valence-electron chi connectivity index (χ2n) is 5.50. The molecule has 3 aromatic rings. The third-order valence-corrected chi connectivity index (χ3v) is 3.79. The van der Waals surface area contributed by atoms with Crippen molar-refractivity contribution in [3.63, 3.8) is 0 Å². The molecule has 0 aliphatic carbocycles. The minimum absolute atomic E-state index is 0. The molecule has 130 valence electrons. The molecule has 0 bridgehead atoms. The number of imidazole rings is 1. The molecule has 1 aliphatic rings. The van der Waals surface area contributed by atoms with E-state index in [1.807, 2.05) is 24.9 Å². The summed E-state index contributed by atoms with van der Waals surface area (Å²) in [6.45, 7) is 4.76. The van der Waals surface area contributed by atoms with Crippen LogP contribution in [0, 0.1) is 6.92 Å². The first-order chi connectivity index (χ1) is 10.7. The molecule has 0 amide bonds. The molecule has 8 nitrogen and oxygen atoms in total. The monoisotopic (exact) mass is 370 g/mol. The van der Waals surface area contributed by atoms with Gasteiger partial charge in [0.05, 0.1) is 12.4 Å². The summed E-state index contributed by atoms with van der Waals surface area (Å²) in [5.74, 6) is 2.58. The van der Waals surface area contributed by atoms with Gasteiger partial charge in [-0.05, 0) is 6.92 Å². The molecule has 0 aromatic carbocycles. The fourth-order valence-corrected chi connectivity index (χ4v) is 2.76. The van der Waals surface area contributed by atoms with Crippen molar-refractivity contribution in [1.82, 2.24) is 39.4 Å². The van der Waals surface area contributed by atoms with Crippen molar-refractivity contribution in [1.29, 1.82) is 0 Å². The molecule has 4 rings (SSSR count). The second kappa shape index (κ2) is 7.33. The highest BCUT2D eigenvalue weighted by Crippen LogP contribution is 2.21. The molecule has 0 unspecified atom stereocenters. The van der Waals surface area contributed by atoms with Crippen molar-refractivity contribution in [2.45, 2.75) is 19.9 Å². The summed E-state index contributed by atoms with van der Waals surface area (Å²) in [7, 11) is 1.89. The standard InChI is InChI=1S/C14H18N8.2ClH/c1-10-17-14(22(19-10)11-7-16-20(2)8-11)12-9-21-6-5-15-4-3-13(21)18-12;;/h7-9,15H,3-6H2,1-2H3;2*1H. The normalized spacial score (nSPS) is 13.6. The van der Waals surface area contributed by atoms with E-state index in [0.29, 0.717) is 0 Å². The van der Waals surface area contributed by atoms with Crippen LogP contribution in [-0.2, 0) is 20.0 Å². The van der Waals surface area contributed by atoms with Crippen LogP contribution in [0.15, 0.2) is 18.6 Å². The molecule has 0 fully saturated rings. The lowest BCUT2D eigenvalue weighted by Crippen LogP contribution is -2.17. The zero-order chi connectivity index (χ0) is 15.1. The maximum absolute atomic E-state index is 4.76. The van der Waals surface area contributed by atoms with Crippen LogP contribution in [0.1, 0.15) is 11.6 Å². The Morgan fingerprint density at radius 3 is 2.71 bits per heavy atom. The van der Waals surface area contributed by atoms with E-state index >= 15 is 0 Å². The molecule has 4 heterocycles. The first-order valence-electron chi connectivity index (χ1n) is 7.40. The third-order valence-electron chi connectivity index (χ3n) is 3.79. The second-order valence-corrected chi connectivity index (χ2v) is 5.50. The van der Waals surface area contributed by atoms with Crippen LogP contribution in [0.4, 0.5) is 0 Å². The number of aromatic nitrogens is 7. The number of hydrogen-bond acceptors (Lipinski definition) is 5. The predicted octanol–water partition coefficient (Wildman–Crippen LogP) is 1.16. The highest BCUT2D eigenvalue weighted by Gasteiger charge is 2.18. The fourth-order valence-electron chi connectivity index (χ4n) is 2.76. The van der Waals surface area contributed by atoms with Crippen molar-refractivity contribution >= 4 is 24.8 Å². The van der Waals surface area contributed by atoms with Gasteiger partial charge in [-0.25, -0.2) is 14.6 Å². The van der Waals surface area contributed by atoms with E-state index in [1.54, 1.807) is 10.9 Å². The summed E-state index contributed by atoms with van der Waals surface area (Å²) in [5.41, 5.74) is 1.75. The van der Waals surface area contributed by atoms with Crippen molar-refractivity contribution in [2.75, 3.05) is 13.1 Å². The van der Waals surface area contributed by atoms with E-state index in [4.69, 9.17) is 4.98 Å². The van der Waals surface area contributed by atoms with E-state index in [1.165, 1.54) is 0 Å². The van der Waals surface area contributed by atoms with Crippen LogP contribution >= 0.6 is 24.8 Å². The molecule has 0 saturated carbocycles. The molecule has 3 aromatic heterocycles. The number of hydrogen-bond donors (Lipinski definition) is 1. The molecule has 0 atom stereocenters. The SMILES string of the molecule is Cc1nc(-c2cn3c(n2)CCNCC3)n(-c2cnn(C)c2)n1.Cl.Cl. The van der Waals surface area contributed by atoms with Crippen LogP contribution in [0.5, 0.6) is 0 Å². The molecule has 0 saturated heterocycles. The van der Waals surface area contributed by atoms with Gasteiger partial charge in [-0.1, -0.05) is 0 Å². The molecule has 1 N–H and O–H groups in total. The van der Waals surface area contributed by atoms with Crippen molar-refractivity contribution in [2.24, 2.45) is 7.05 Å². The van der Waals surface area contributed by atoms with Crippen LogP contribution < -0.4 is 5.32 Å². The van der Waals surface area contributed by atoms with E-state index < -0.39 is 0 Å². The number of rotatable bonds is 2. The number of aryl methyl sites for hydroxylation is 2. The fraction of sp³-hybridized carbons (Fsp3) is 0.429. The Kier molecular flexibility index (Phi) is 5.63. The van der Waals surface area contributed by atoms with Crippen LogP contribution in [-0.4, -0.2) is 47.2 Å². The van der Waals surface area contributed by atoms with E-state index in [0.717, 1.165) is 54.9 Å². The number of nitrogens with zero attached hydrogens (tertiary/aromatic N) is 7. The number of fused-ring (bicyclic) bond motifs is 1. The first-order valence-corrected chi connectivity index (χ1v) is 7.40. The first kappa shape index (κ1) is 18.4. The zero-order valence-corrected chi connectivity index (χ0v) is 15.1. The summed E-state index contributed by atoms with van der Waals surface area (Å²) in [6.07, 6.45) is 6.70. The summed E-state index contributed by atoms with van der Waals surface area (Å²) in [6, 6.07) is 0. The summed E-state index contributed by atoms with van der Waals surface area (Å²) in [4.78, 5) is 9.32. The third kappa shape index (κ3) is 3.31. The lowest BCUT2D eigenvalue weighted by atomic mass is 10.4. The van der Waals surface area contributed by atoms with Gasteiger partial charge in [-0.3, -0.25) is 4.68 Å². The van der Waals surface area contributed by atoms with Gasteiger partial charge in [0.25, 0.3) is 0 Å². The summed E-state index contributed by atoms with van der Waals surface area (Å²) in [5, 5.41) is 12.1. The predicted molar refractivity (Wildman–Crippen MR) is 95.2 cm³/mol. The molecular weight excluding hydrogens is 351 g/mol. The maximum Gasteiger partial charge on any atom is 0.183 e. The highest BCUT2D eigenvalue weighted by molar-refractivity contribution is 5.85. The lowest BCUT2D eigenvalue weighted by Gasteiger charge is -2.00. The minimum Gasteiger partial charge on any atom is -0.333 e. The van der Waals surface area contributed by atoms with Crippen LogP contribution in [0.2, 0.25) is 0 Å². The largest absolute Gasteiger partial charge is 0.333 e. The van der Waals surface area contributed by atoms with Gasteiger partial charge in [-0.2, -0.15) is 10.2 Å². The molecule has 10 heteroatoms. The molecule has 24 heavy (non-hydrogen) atoms. The Morgan fingerprint density at radius 2 is 1.96 bits per heavy atom. The Morgan fingerprint density at radius 1 is 1.12 bits per heavy atom. The molecule has 0 spiro atoms. The average molecular weight is 371 g/mol. The Bertz CT molecular complexity index is 795. The summed E-state index contributed by atoms with van der Waals surface area (Å²) >= 11 is 0. The van der Waals surface area contributed by atoms with Crippen molar-refractivity contribution < 1.29 is 0 Å². The minimum atomic E-state index is 0. The Hall–Kier alpha value is -1.90. The van der Waals surface area contributed by atoms with Gasteiger partial charge in [0.1, 0.15) is 23.0 Å². The van der Waals surface area contributed by atoms with Crippen molar-refractivity contribution in [3.8, 4) is 17.2 Å². The highest BCUT2D eigenvalue weighted by atomic mass is 35.5. The van der Waals surface area contributed by atoms with Gasteiger partial charge >= 0.3 is 0 Å². The Balaban J connectivity index is 0.00000104. The van der Waals surface area contributed by atoms with Gasteiger partial charge < -0.3 is 9.88 Å². The van der Waals surface area contributed by atoms with Gasteiger partial charge in [0.2, 0.25) is 0 Å². The number of nitrogens with one attached hydrogen (secondary N) is 1. The van der Waals surface area contributed by atoms with Gasteiger partial charge in [0, 0.05) is 39.3 Å². The molecule has 1 aliphatic heterocycles. The van der Waals surface area contributed by atoms with Crippen molar-refractivity contribution in [3.05, 3.63) is 30.2 Å². The van der Waals surface area contributed by atoms with E-state index in [9.17, 15) is 0 Å².